The lowest BCUT2D eigenvalue weighted by atomic mass is 9.46. The van der Waals surface area contributed by atoms with Gasteiger partial charge in [0.15, 0.2) is 30.9 Å². The third kappa shape index (κ3) is 9.65. The number of rotatable bonds is 13. The Balaban J connectivity index is 0.903. The molecule has 0 amide bonds. The lowest BCUT2D eigenvalue weighted by Gasteiger charge is -2.60. The first-order valence-corrected chi connectivity index (χ1v) is 25.5. The number of hydrogen-bond donors (Lipinski definition) is 13. The molecular weight excluding hydrogens is 941 g/mol. The van der Waals surface area contributed by atoms with Crippen molar-refractivity contribution in [1.29, 1.82) is 0 Å². The van der Waals surface area contributed by atoms with Crippen LogP contribution in [0.4, 0.5) is 0 Å². The van der Waals surface area contributed by atoms with Gasteiger partial charge in [-0.3, -0.25) is 0 Å². The van der Waals surface area contributed by atoms with Crippen LogP contribution in [0, 0.1) is 40.4 Å². The molecular formula is C49H78O22. The Morgan fingerprint density at radius 2 is 1.39 bits per heavy atom. The molecule has 0 radical (unpaired) electrons. The van der Waals surface area contributed by atoms with Crippen LogP contribution in [-0.4, -0.2) is 228 Å². The normalized spacial score (nSPS) is 55.1. The van der Waals surface area contributed by atoms with Gasteiger partial charge in [0.05, 0.1) is 50.8 Å². The summed E-state index contributed by atoms with van der Waals surface area (Å²) in [4.78, 5) is 0. The second-order valence-corrected chi connectivity index (χ2v) is 22.6. The molecule has 5 saturated heterocycles. The Hall–Kier alpha value is -1.40. The quantitative estimate of drug-likeness (QED) is 0.0827. The Morgan fingerprint density at radius 3 is 2.13 bits per heavy atom. The highest BCUT2D eigenvalue weighted by atomic mass is 16.8. The van der Waals surface area contributed by atoms with E-state index < -0.39 is 147 Å². The fourth-order valence-electron chi connectivity index (χ4n) is 14.4. The van der Waals surface area contributed by atoms with Crippen molar-refractivity contribution in [3.63, 3.8) is 0 Å². The molecule has 29 atom stereocenters. The first kappa shape index (κ1) is 54.4. The number of fused-ring (bicyclic) bond motifs is 7. The minimum absolute atomic E-state index is 0.0307. The number of allylic oxidation sites excluding steroid dienone is 1. The molecule has 9 rings (SSSR count). The predicted molar refractivity (Wildman–Crippen MR) is 240 cm³/mol. The first-order chi connectivity index (χ1) is 33.5. The minimum Gasteiger partial charge on any atom is -0.394 e. The van der Waals surface area contributed by atoms with Crippen molar-refractivity contribution in [3.05, 3.63) is 23.8 Å². The number of hydrogen-bond acceptors (Lipinski definition) is 22. The third-order valence-corrected chi connectivity index (χ3v) is 18.5. The maximum absolute atomic E-state index is 12.2. The molecule has 0 bridgehead atoms. The van der Waals surface area contributed by atoms with Crippen molar-refractivity contribution < 1.29 is 109 Å². The Labute approximate surface area is 412 Å². The van der Waals surface area contributed by atoms with E-state index in [1.54, 1.807) is 0 Å². The number of ether oxygens (including phenoxy) is 9. The smallest absolute Gasteiger partial charge is 0.187 e. The molecule has 71 heavy (non-hydrogen) atoms. The lowest BCUT2D eigenvalue weighted by molar-refractivity contribution is -0.382. The fraction of sp³-hybridized carbons (Fsp3) is 0.918. The van der Waals surface area contributed by atoms with Crippen LogP contribution in [0.5, 0.6) is 0 Å². The first-order valence-electron chi connectivity index (χ1n) is 25.5. The second kappa shape index (κ2) is 20.9. The summed E-state index contributed by atoms with van der Waals surface area (Å²) >= 11 is 0. The van der Waals surface area contributed by atoms with Crippen molar-refractivity contribution in [3.8, 4) is 0 Å². The van der Waals surface area contributed by atoms with E-state index in [2.05, 4.69) is 26.5 Å². The summed E-state index contributed by atoms with van der Waals surface area (Å²) in [6.07, 6.45) is -21.8. The van der Waals surface area contributed by atoms with Crippen LogP contribution in [0.25, 0.3) is 0 Å². The van der Waals surface area contributed by atoms with Crippen molar-refractivity contribution in [2.45, 2.75) is 214 Å². The van der Waals surface area contributed by atoms with Crippen molar-refractivity contribution in [1.82, 2.24) is 0 Å². The largest absolute Gasteiger partial charge is 0.394 e. The minimum atomic E-state index is -1.77. The van der Waals surface area contributed by atoms with E-state index in [-0.39, 0.29) is 67.2 Å². The van der Waals surface area contributed by atoms with Gasteiger partial charge in [-0.25, -0.2) is 0 Å². The van der Waals surface area contributed by atoms with Crippen LogP contribution in [0.1, 0.15) is 79.1 Å². The van der Waals surface area contributed by atoms with Crippen LogP contribution in [-0.2, 0) is 42.6 Å². The standard InChI is InChI=1S/C49H78O22/c1-19(16-63-43-39(60)37(58)35(56)30(15-50)67-43)8-11-49(62)20(2)32-29(71-49)14-26-24-7-6-22-12-23(51)13-31(48(22,5)25(24)9-10-47(26,32)4)68-46-42(70-45-40(61)36(57)33(54)21(3)66-45)41(28(53)18-65-46)69-44-38(59)34(55)27(52)17-64-44/h6,20-21,23-46,50-62H,1,7-18H2,2-5H3/t20-,21-,23+,24+,25-,26-,27+,28-,29-,30+,31+,32-,33-,34-,35+,36+,37-,38+,39+,40+,41-,42+,43+,44-,45-,46-,47-,48-,49+/m0/s1. The molecule has 8 fully saturated rings. The molecule has 13 N–H and O–H groups in total. The van der Waals surface area contributed by atoms with Gasteiger partial charge in [0.25, 0.3) is 0 Å². The summed E-state index contributed by atoms with van der Waals surface area (Å²) in [6.45, 7) is 10.7. The lowest BCUT2D eigenvalue weighted by Crippen LogP contribution is -2.65. The van der Waals surface area contributed by atoms with E-state index in [0.29, 0.717) is 24.8 Å². The second-order valence-electron chi connectivity index (χ2n) is 22.6. The van der Waals surface area contributed by atoms with Crippen molar-refractivity contribution >= 4 is 0 Å². The summed E-state index contributed by atoms with van der Waals surface area (Å²) in [7, 11) is 0. The maximum atomic E-state index is 12.2. The monoisotopic (exact) mass is 1020 g/mol. The number of aliphatic hydroxyl groups is 13. The van der Waals surface area contributed by atoms with E-state index >= 15 is 0 Å². The summed E-state index contributed by atoms with van der Waals surface area (Å²) in [5.41, 5.74) is 0.777. The molecule has 22 nitrogen and oxygen atoms in total. The van der Waals surface area contributed by atoms with Crippen LogP contribution < -0.4 is 0 Å². The molecule has 0 aromatic rings. The molecule has 5 aliphatic heterocycles. The van der Waals surface area contributed by atoms with Gasteiger partial charge >= 0.3 is 0 Å². The summed E-state index contributed by atoms with van der Waals surface area (Å²) in [5, 5.41) is 139. The summed E-state index contributed by atoms with van der Waals surface area (Å²) in [6, 6.07) is 0. The zero-order valence-corrected chi connectivity index (χ0v) is 40.8. The number of aliphatic hydroxyl groups excluding tert-OH is 12. The zero-order valence-electron chi connectivity index (χ0n) is 40.8. The SMILES string of the molecule is C=C(CC[C@@]1(O)O[C@H]2C[C@H]3[C@@H]4CC=C5C[C@@H](O)C[C@@H](O[C@@H]6OC[C@H](O)[C@H](O[C@@H]7OC[C@@H](O)[C@H](O)[C@H]7O)[C@H]6O[C@@H]6O[C@@H](C)[C@H](O)[C@@H](O)[C@H]6O)[C@]5(C)[C@H]4CC[C@]3(C)[C@H]2[C@@H]1C)CO[C@@H]1O[C@H](CO)[C@@H](O)[C@H](O)[C@H]1O. The van der Waals surface area contributed by atoms with Gasteiger partial charge in [-0.05, 0) is 74.5 Å². The highest BCUT2D eigenvalue weighted by Gasteiger charge is 2.69. The molecule has 0 unspecified atom stereocenters. The van der Waals surface area contributed by atoms with Gasteiger partial charge in [-0.2, -0.15) is 0 Å². The Bertz CT molecular complexity index is 1890. The van der Waals surface area contributed by atoms with Crippen LogP contribution >= 0.6 is 0 Å². The molecule has 5 heterocycles. The Kier molecular flexibility index (Phi) is 16.0. The van der Waals surface area contributed by atoms with Gasteiger partial charge < -0.3 is 109 Å². The highest BCUT2D eigenvalue weighted by molar-refractivity contribution is 5.29. The van der Waals surface area contributed by atoms with E-state index in [1.165, 1.54) is 6.92 Å². The molecule has 4 aliphatic carbocycles. The fourth-order valence-corrected chi connectivity index (χ4v) is 14.4. The average Bonchev–Trinajstić information content (AvgIpc) is 3.77. The Morgan fingerprint density at radius 1 is 0.732 bits per heavy atom. The highest BCUT2D eigenvalue weighted by Crippen LogP contribution is 2.70. The molecule has 0 aromatic heterocycles. The topological polar surface area (TPSA) is 346 Å². The molecule has 0 aromatic carbocycles. The van der Waals surface area contributed by atoms with E-state index in [4.69, 9.17) is 42.6 Å². The van der Waals surface area contributed by atoms with Gasteiger partial charge in [0, 0.05) is 24.2 Å². The van der Waals surface area contributed by atoms with Crippen LogP contribution in [0.15, 0.2) is 23.8 Å². The van der Waals surface area contributed by atoms with Crippen LogP contribution in [0.2, 0.25) is 0 Å². The molecule has 22 heteroatoms. The molecule has 3 saturated carbocycles. The maximum Gasteiger partial charge on any atom is 0.187 e. The van der Waals surface area contributed by atoms with Crippen molar-refractivity contribution in [2.24, 2.45) is 40.4 Å². The van der Waals surface area contributed by atoms with E-state index in [0.717, 1.165) is 24.8 Å². The molecule has 9 aliphatic rings. The van der Waals surface area contributed by atoms with Gasteiger partial charge in [-0.1, -0.05) is 44.6 Å². The van der Waals surface area contributed by atoms with Gasteiger partial charge in [0.1, 0.15) is 79.4 Å². The molecule has 406 valence electrons. The average molecular weight is 1020 g/mol. The van der Waals surface area contributed by atoms with E-state index in [9.17, 15) is 66.4 Å². The zero-order chi connectivity index (χ0) is 51.2. The van der Waals surface area contributed by atoms with Crippen LogP contribution in [0.3, 0.4) is 0 Å². The summed E-state index contributed by atoms with van der Waals surface area (Å²) < 4.78 is 54.8. The third-order valence-electron chi connectivity index (χ3n) is 18.5. The van der Waals surface area contributed by atoms with E-state index in [1.807, 2.05) is 6.92 Å². The van der Waals surface area contributed by atoms with Crippen molar-refractivity contribution in [2.75, 3.05) is 26.4 Å². The van der Waals surface area contributed by atoms with Gasteiger partial charge in [0.2, 0.25) is 0 Å². The summed E-state index contributed by atoms with van der Waals surface area (Å²) in [5.74, 6) is -1.24. The molecule has 0 spiro atoms. The predicted octanol–water partition coefficient (Wildman–Crippen LogP) is -2.84. The van der Waals surface area contributed by atoms with Gasteiger partial charge in [-0.15, -0.1) is 0 Å².